The molecule has 1 aromatic carbocycles. The topological polar surface area (TPSA) is 68.0 Å². The number of amides is 1. The van der Waals surface area contributed by atoms with Crippen LogP contribution in [0.25, 0.3) is 22.6 Å². The molecule has 4 rings (SSSR count). The summed E-state index contributed by atoms with van der Waals surface area (Å²) < 4.78 is 5.78. The molecule has 1 aliphatic carbocycles. The number of benzene rings is 1. The van der Waals surface area contributed by atoms with Gasteiger partial charge in [-0.2, -0.15) is 0 Å². The predicted molar refractivity (Wildman–Crippen MR) is 96.2 cm³/mol. The van der Waals surface area contributed by atoms with E-state index < -0.39 is 0 Å². The van der Waals surface area contributed by atoms with Crippen LogP contribution in [0.2, 0.25) is 0 Å². The Morgan fingerprint density at radius 2 is 1.80 bits per heavy atom. The van der Waals surface area contributed by atoms with E-state index in [1.165, 1.54) is 25.7 Å². The van der Waals surface area contributed by atoms with E-state index in [0.29, 0.717) is 22.6 Å². The van der Waals surface area contributed by atoms with Gasteiger partial charge in [-0.15, -0.1) is 0 Å². The third-order valence-corrected chi connectivity index (χ3v) is 4.77. The molecule has 3 aromatic rings. The summed E-state index contributed by atoms with van der Waals surface area (Å²) in [5.74, 6) is 0.515. The van der Waals surface area contributed by atoms with Crippen LogP contribution in [-0.2, 0) is 0 Å². The summed E-state index contributed by atoms with van der Waals surface area (Å²) in [6.07, 6.45) is 10.5. The SMILES string of the molecule is O=C(NC1CCCCCC1)c1ccc2oc(-c3ccncc3)nc2c1. The number of carbonyl (C=O) groups excluding carboxylic acids is 1. The van der Waals surface area contributed by atoms with Gasteiger partial charge in [0, 0.05) is 29.6 Å². The third kappa shape index (κ3) is 3.55. The Kier molecular flexibility index (Phi) is 4.46. The Hall–Kier alpha value is -2.69. The fourth-order valence-corrected chi connectivity index (χ4v) is 3.38. The number of aromatic nitrogens is 2. The van der Waals surface area contributed by atoms with Gasteiger partial charge in [0.15, 0.2) is 5.58 Å². The lowest BCUT2D eigenvalue weighted by Gasteiger charge is -2.16. The van der Waals surface area contributed by atoms with Gasteiger partial charge in [0.05, 0.1) is 0 Å². The van der Waals surface area contributed by atoms with Crippen LogP contribution in [0, 0.1) is 0 Å². The number of hydrogen-bond acceptors (Lipinski definition) is 4. The molecule has 2 aromatic heterocycles. The molecule has 0 saturated heterocycles. The first-order chi connectivity index (χ1) is 12.3. The van der Waals surface area contributed by atoms with Crippen molar-refractivity contribution in [3.8, 4) is 11.5 Å². The molecule has 0 spiro atoms. The molecule has 128 valence electrons. The quantitative estimate of drug-likeness (QED) is 0.723. The van der Waals surface area contributed by atoms with Crippen molar-refractivity contribution in [3.05, 3.63) is 48.3 Å². The second-order valence-corrected chi connectivity index (χ2v) is 6.60. The lowest BCUT2D eigenvalue weighted by Crippen LogP contribution is -2.34. The predicted octanol–water partition coefficient (Wildman–Crippen LogP) is 4.34. The number of nitrogens with zero attached hydrogens (tertiary/aromatic N) is 2. The van der Waals surface area contributed by atoms with Gasteiger partial charge in [0.1, 0.15) is 5.52 Å². The highest BCUT2D eigenvalue weighted by Crippen LogP contribution is 2.25. The van der Waals surface area contributed by atoms with E-state index in [-0.39, 0.29) is 11.9 Å². The van der Waals surface area contributed by atoms with E-state index in [0.717, 1.165) is 18.4 Å². The molecule has 1 N–H and O–H groups in total. The molecule has 1 amide bonds. The molecule has 0 aliphatic heterocycles. The molecule has 25 heavy (non-hydrogen) atoms. The Morgan fingerprint density at radius 1 is 1.04 bits per heavy atom. The number of hydrogen-bond donors (Lipinski definition) is 1. The molecule has 1 fully saturated rings. The maximum absolute atomic E-state index is 12.6. The molecule has 0 radical (unpaired) electrons. The molecule has 1 saturated carbocycles. The summed E-state index contributed by atoms with van der Waals surface area (Å²) in [4.78, 5) is 21.1. The van der Waals surface area contributed by atoms with E-state index in [2.05, 4.69) is 15.3 Å². The number of pyridine rings is 1. The zero-order chi connectivity index (χ0) is 17.1. The number of fused-ring (bicyclic) bond motifs is 1. The van der Waals surface area contributed by atoms with Crippen molar-refractivity contribution in [2.24, 2.45) is 0 Å². The molecule has 5 heteroatoms. The van der Waals surface area contributed by atoms with Gasteiger partial charge in [-0.05, 0) is 43.2 Å². The van der Waals surface area contributed by atoms with Crippen LogP contribution in [0.15, 0.2) is 47.1 Å². The van der Waals surface area contributed by atoms with E-state index in [1.807, 2.05) is 18.2 Å². The third-order valence-electron chi connectivity index (χ3n) is 4.77. The second kappa shape index (κ2) is 7.05. The van der Waals surface area contributed by atoms with E-state index in [9.17, 15) is 4.79 Å². The first-order valence-corrected chi connectivity index (χ1v) is 8.91. The molecule has 2 heterocycles. The Balaban J connectivity index is 1.55. The molecule has 0 unspecified atom stereocenters. The number of rotatable bonds is 3. The van der Waals surface area contributed by atoms with Crippen LogP contribution in [-0.4, -0.2) is 21.9 Å². The molecule has 5 nitrogen and oxygen atoms in total. The number of oxazole rings is 1. The summed E-state index contributed by atoms with van der Waals surface area (Å²) in [6, 6.07) is 9.41. The normalized spacial score (nSPS) is 15.8. The monoisotopic (exact) mass is 335 g/mol. The Labute approximate surface area is 146 Å². The van der Waals surface area contributed by atoms with Crippen LogP contribution in [0.5, 0.6) is 0 Å². The maximum Gasteiger partial charge on any atom is 0.251 e. The molecule has 0 bridgehead atoms. The summed E-state index contributed by atoms with van der Waals surface area (Å²) in [5, 5.41) is 3.17. The minimum absolute atomic E-state index is 0.0257. The fourth-order valence-electron chi connectivity index (χ4n) is 3.38. The van der Waals surface area contributed by atoms with Crippen molar-refractivity contribution in [1.82, 2.24) is 15.3 Å². The van der Waals surface area contributed by atoms with Crippen LogP contribution in [0.3, 0.4) is 0 Å². The largest absolute Gasteiger partial charge is 0.436 e. The number of nitrogens with one attached hydrogen (secondary N) is 1. The van der Waals surface area contributed by atoms with Crippen molar-refractivity contribution in [2.45, 2.75) is 44.6 Å². The molecule has 0 atom stereocenters. The van der Waals surface area contributed by atoms with E-state index >= 15 is 0 Å². The van der Waals surface area contributed by atoms with Gasteiger partial charge in [-0.25, -0.2) is 4.98 Å². The minimum atomic E-state index is -0.0257. The van der Waals surface area contributed by atoms with Gasteiger partial charge in [-0.3, -0.25) is 9.78 Å². The van der Waals surface area contributed by atoms with Crippen molar-refractivity contribution in [3.63, 3.8) is 0 Å². The number of carbonyl (C=O) groups is 1. The Bertz CT molecular complexity index is 865. The standard InChI is InChI=1S/C20H21N3O2/c24-19(22-16-5-3-1-2-4-6-16)15-7-8-18-17(13-15)23-20(25-18)14-9-11-21-12-10-14/h7-13,16H,1-6H2,(H,22,24). The van der Waals surface area contributed by atoms with Crippen LogP contribution in [0.1, 0.15) is 48.9 Å². The highest BCUT2D eigenvalue weighted by molar-refractivity contribution is 5.97. The first kappa shape index (κ1) is 15.8. The zero-order valence-corrected chi connectivity index (χ0v) is 14.1. The minimum Gasteiger partial charge on any atom is -0.436 e. The van der Waals surface area contributed by atoms with Crippen LogP contribution in [0.4, 0.5) is 0 Å². The average molecular weight is 335 g/mol. The zero-order valence-electron chi connectivity index (χ0n) is 14.1. The molecular weight excluding hydrogens is 314 g/mol. The summed E-state index contributed by atoms with van der Waals surface area (Å²) >= 11 is 0. The summed E-state index contributed by atoms with van der Waals surface area (Å²) in [7, 11) is 0. The van der Waals surface area contributed by atoms with Gasteiger partial charge in [0.25, 0.3) is 5.91 Å². The van der Waals surface area contributed by atoms with E-state index in [4.69, 9.17) is 4.42 Å². The van der Waals surface area contributed by atoms with Crippen molar-refractivity contribution < 1.29 is 9.21 Å². The lowest BCUT2D eigenvalue weighted by atomic mass is 10.1. The molecule has 1 aliphatic rings. The van der Waals surface area contributed by atoms with Crippen molar-refractivity contribution >= 4 is 17.0 Å². The second-order valence-electron chi connectivity index (χ2n) is 6.60. The molecular formula is C20H21N3O2. The highest BCUT2D eigenvalue weighted by atomic mass is 16.3. The average Bonchev–Trinajstić information content (AvgIpc) is 2.91. The lowest BCUT2D eigenvalue weighted by molar-refractivity contribution is 0.0933. The van der Waals surface area contributed by atoms with Crippen LogP contribution >= 0.6 is 0 Å². The first-order valence-electron chi connectivity index (χ1n) is 8.91. The van der Waals surface area contributed by atoms with E-state index in [1.54, 1.807) is 24.5 Å². The van der Waals surface area contributed by atoms with Crippen molar-refractivity contribution in [1.29, 1.82) is 0 Å². The summed E-state index contributed by atoms with van der Waals surface area (Å²) in [5.41, 5.74) is 2.88. The summed E-state index contributed by atoms with van der Waals surface area (Å²) in [6.45, 7) is 0. The van der Waals surface area contributed by atoms with Gasteiger partial charge < -0.3 is 9.73 Å². The maximum atomic E-state index is 12.6. The Morgan fingerprint density at radius 3 is 2.56 bits per heavy atom. The van der Waals surface area contributed by atoms with Gasteiger partial charge in [0.2, 0.25) is 5.89 Å². The van der Waals surface area contributed by atoms with Gasteiger partial charge >= 0.3 is 0 Å². The van der Waals surface area contributed by atoms with Crippen molar-refractivity contribution in [2.75, 3.05) is 0 Å². The fraction of sp³-hybridized carbons (Fsp3) is 0.350. The highest BCUT2D eigenvalue weighted by Gasteiger charge is 2.17. The van der Waals surface area contributed by atoms with Crippen LogP contribution < -0.4 is 5.32 Å². The smallest absolute Gasteiger partial charge is 0.251 e. The van der Waals surface area contributed by atoms with Gasteiger partial charge in [-0.1, -0.05) is 25.7 Å².